The monoisotopic (exact) mass is 1820 g/mol. The van der Waals surface area contributed by atoms with Crippen molar-refractivity contribution in [3.8, 4) is 0 Å². The van der Waals surface area contributed by atoms with Crippen LogP contribution in [0, 0.1) is 0 Å². The van der Waals surface area contributed by atoms with Gasteiger partial charge in [0.2, 0.25) is 23.6 Å². The average molecular weight is 1820 g/mol. The molecule has 0 saturated carbocycles. The Morgan fingerprint density at radius 1 is 0.421 bits per heavy atom. The second-order valence-electron chi connectivity index (χ2n) is 34.3. The van der Waals surface area contributed by atoms with E-state index in [4.69, 9.17) is 47.4 Å². The summed E-state index contributed by atoms with van der Waals surface area (Å²) in [5, 5.41) is 235. The summed E-state index contributed by atoms with van der Waals surface area (Å²) in [5.74, 6) is -20.5. The highest BCUT2D eigenvalue weighted by Crippen LogP contribution is 2.43. The number of carbonyl (C=O) groups is 7. The predicted octanol–water partition coefficient (Wildman–Crippen LogP) is -0.927. The van der Waals surface area contributed by atoms with Gasteiger partial charge in [0.1, 0.15) is 104 Å². The van der Waals surface area contributed by atoms with Crippen molar-refractivity contribution in [3.05, 3.63) is 12.2 Å². The number of carboxylic acid groups (broad SMARTS) is 3. The molecule has 126 heavy (non-hydrogen) atoms. The van der Waals surface area contributed by atoms with E-state index in [0.717, 1.165) is 104 Å². The Kier molecular flexibility index (Phi) is 50.8. The third-order valence-electron chi connectivity index (χ3n) is 24.0. The normalized spacial score (nSPS) is 32.1. The maximum atomic E-state index is 13.8. The van der Waals surface area contributed by atoms with Gasteiger partial charge in [0, 0.05) is 46.5 Å². The predicted molar refractivity (Wildman–Crippen MR) is 443 cm³/mol. The molecule has 5 fully saturated rings. The van der Waals surface area contributed by atoms with E-state index in [1.807, 2.05) is 0 Å². The molecule has 0 bridgehead atoms. The van der Waals surface area contributed by atoms with Crippen LogP contribution in [0.5, 0.6) is 0 Å². The molecule has 24 N–H and O–H groups in total. The molecule has 5 saturated heterocycles. The van der Waals surface area contributed by atoms with Gasteiger partial charge in [0.25, 0.3) is 17.4 Å². The first-order valence-corrected chi connectivity index (χ1v) is 45.3. The number of hydrogen-bond donors (Lipinski definition) is 24. The van der Waals surface area contributed by atoms with Crippen molar-refractivity contribution < 1.29 is 183 Å². The highest BCUT2D eigenvalue weighted by Gasteiger charge is 2.64. The second kappa shape index (κ2) is 57.4. The fourth-order valence-corrected chi connectivity index (χ4v) is 16.8. The lowest BCUT2D eigenvalue weighted by Crippen LogP contribution is -2.72. The first kappa shape index (κ1) is 111. The third kappa shape index (κ3) is 33.9. The number of aliphatic carboxylic acids is 3. The number of carboxylic acids is 3. The van der Waals surface area contributed by atoms with E-state index in [-0.39, 0.29) is 18.7 Å². The zero-order valence-electron chi connectivity index (χ0n) is 73.6. The molecule has 0 aromatic rings. The van der Waals surface area contributed by atoms with E-state index in [1.165, 1.54) is 96.3 Å². The first-order chi connectivity index (χ1) is 60.0. The summed E-state index contributed by atoms with van der Waals surface area (Å²) in [5.41, 5.74) is 0. The van der Waals surface area contributed by atoms with E-state index in [2.05, 4.69) is 47.3 Å². The maximum absolute atomic E-state index is 13.8. The molecule has 0 aromatic carbocycles. The van der Waals surface area contributed by atoms with Gasteiger partial charge in [-0.05, 0) is 38.5 Å². The topological polar surface area (TPSA) is 665 Å². The molecule has 732 valence electrons. The number of amides is 4. The molecule has 30 atom stereocenters. The van der Waals surface area contributed by atoms with Crippen LogP contribution >= 0.6 is 0 Å². The minimum atomic E-state index is -3.57. The van der Waals surface area contributed by atoms with Crippen LogP contribution in [-0.4, -0.2) is 366 Å². The van der Waals surface area contributed by atoms with Crippen molar-refractivity contribution in [1.82, 2.24) is 21.3 Å². The lowest BCUT2D eigenvalue weighted by molar-refractivity contribution is -0.388. The Morgan fingerprint density at radius 3 is 1.18 bits per heavy atom. The van der Waals surface area contributed by atoms with Crippen LogP contribution in [0.3, 0.4) is 0 Å². The Hall–Kier alpha value is -5.05. The number of carbonyl (C=O) groups excluding carboxylic acids is 4. The largest absolute Gasteiger partial charge is 0.477 e. The lowest BCUT2D eigenvalue weighted by Gasteiger charge is -2.51. The summed E-state index contributed by atoms with van der Waals surface area (Å²) < 4.78 is 58.3. The smallest absolute Gasteiger partial charge is 0.364 e. The van der Waals surface area contributed by atoms with Crippen molar-refractivity contribution in [2.75, 3.05) is 39.6 Å². The van der Waals surface area contributed by atoms with Gasteiger partial charge in [-0.3, -0.25) is 19.2 Å². The summed E-state index contributed by atoms with van der Waals surface area (Å²) in [7, 11) is 0. The van der Waals surface area contributed by atoms with Crippen LogP contribution in [0.1, 0.15) is 259 Å². The fourth-order valence-electron chi connectivity index (χ4n) is 16.8. The zero-order valence-corrected chi connectivity index (χ0v) is 73.6. The number of allylic oxidation sites excluding steroid dienone is 2. The van der Waals surface area contributed by atoms with Gasteiger partial charge >= 0.3 is 17.9 Å². The molecular formula is C85H150N4O37. The molecule has 5 aliphatic rings. The van der Waals surface area contributed by atoms with Crippen LogP contribution < -0.4 is 21.3 Å². The van der Waals surface area contributed by atoms with Gasteiger partial charge in [0.15, 0.2) is 12.6 Å². The highest BCUT2D eigenvalue weighted by molar-refractivity contribution is 5.79. The molecule has 3 unspecified atom stereocenters. The Balaban J connectivity index is 1.33. The zero-order chi connectivity index (χ0) is 93.4. The molecule has 0 aliphatic carbocycles. The number of ether oxygens (including phenoxy) is 10. The third-order valence-corrected chi connectivity index (χ3v) is 24.0. The van der Waals surface area contributed by atoms with Crippen LogP contribution in [0.25, 0.3) is 0 Å². The van der Waals surface area contributed by atoms with Crippen LogP contribution in [0.4, 0.5) is 0 Å². The van der Waals surface area contributed by atoms with Gasteiger partial charge in [0.05, 0.1) is 88.2 Å². The van der Waals surface area contributed by atoms with Crippen LogP contribution in [0.2, 0.25) is 0 Å². The SMILES string of the molecule is CCCCCCCC/C=C\CCCCCCCCCCCC(=O)N[C@@H](CO[C@@H]1O[C@H](CO)[C@@H](O[C@@H]2O[C@H](CO)[C@H](O)[C@H](O[C@]3(C(=O)O)C[C@H](O)[C@@H](NC(C)=O)C([C@H](O)[C@@H](CO)O[C@]4(C(=O)O)C[C@H](O)[C@@H](NC(C)=O)C([C@H](O)[C@@H](CO)O[C@]5(C(=O)O)C[C@H](O)[C@@H](NC(C)=O)C([C@H](O)[C@H](O)CO)O5)O4)O3)[C@H]2O)[C@H](O)[C@H]1O)[C@H](O)CCCCCCCCCCCCCCC. The summed E-state index contributed by atoms with van der Waals surface area (Å²) >= 11 is 0. The van der Waals surface area contributed by atoms with E-state index in [0.29, 0.717) is 12.8 Å². The number of nitrogens with one attached hydrogen (secondary N) is 4. The molecule has 5 rings (SSSR count). The molecule has 0 spiro atoms. The van der Waals surface area contributed by atoms with Gasteiger partial charge in [-0.15, -0.1) is 0 Å². The standard InChI is InChI=1S/C85H150N4O37/c1-6-8-10-12-14-16-18-20-21-22-23-24-25-27-29-31-33-35-37-39-62(103)89-52(53(98)38-36-34-32-30-28-26-19-17-15-13-11-9-7-2)48-117-78-71(109)70(108)73(61(47-94)119-78)120-79-72(110)77(67(105)58(44-91)118-79)126-85(82(115)116)42-56(101)65(88-51(5)97)76(125-85)69(107)60(46-93)122-84(81(113)114)41-55(100)64(87-50(4)96)75(124-84)68(106)59(45-92)121-83(80(111)112)40-54(99)63(86-49(3)95)74(123-83)66(104)57(102)43-90/h20-21,52-61,63-79,90-94,98-102,104-110H,6-19,22-48H2,1-5H3,(H,86,95)(H,87,96)(H,88,97)(H,89,103)(H,111,112)(H,113,114)(H,115,116)/b21-20-/t52-,53+,54-,55-,56-,57+,58+,59+,60+,61+,63+,64+,65+,66+,67-,68+,69+,70+,71+,72+,73+,74?,75?,76?,77-,78+,79-,83+,84+,85-/m0/s1. The van der Waals surface area contributed by atoms with Gasteiger partial charge < -0.3 is 171 Å². The minimum Gasteiger partial charge on any atom is -0.477 e. The average Bonchev–Trinajstić information content (AvgIpc) is 0.749. The Labute approximate surface area is 736 Å². The highest BCUT2D eigenvalue weighted by atomic mass is 16.8. The number of rotatable bonds is 63. The van der Waals surface area contributed by atoms with E-state index in [1.54, 1.807) is 0 Å². The Morgan fingerprint density at radius 2 is 0.794 bits per heavy atom. The Bertz CT molecular complexity index is 3180. The van der Waals surface area contributed by atoms with Crippen LogP contribution in [-0.2, 0) is 80.9 Å². The summed E-state index contributed by atoms with van der Waals surface area (Å²) in [4.78, 5) is 92.3. The van der Waals surface area contributed by atoms with Crippen molar-refractivity contribution in [2.24, 2.45) is 0 Å². The van der Waals surface area contributed by atoms with E-state index in [9.17, 15) is 136 Å². The van der Waals surface area contributed by atoms with Crippen molar-refractivity contribution >= 4 is 41.5 Å². The fraction of sp³-hybridized carbons (Fsp3) is 0.894. The molecular weight excluding hydrogens is 1670 g/mol. The quantitative estimate of drug-likeness (QED) is 0.0258. The molecule has 4 amide bonds. The van der Waals surface area contributed by atoms with E-state index >= 15 is 0 Å². The molecule has 0 aromatic heterocycles. The van der Waals surface area contributed by atoms with Crippen molar-refractivity contribution in [3.63, 3.8) is 0 Å². The van der Waals surface area contributed by atoms with Gasteiger partial charge in [-0.25, -0.2) is 14.4 Å². The molecule has 41 nitrogen and oxygen atoms in total. The maximum Gasteiger partial charge on any atom is 0.364 e. The van der Waals surface area contributed by atoms with Crippen molar-refractivity contribution in [2.45, 2.75) is 442 Å². The molecule has 0 radical (unpaired) electrons. The lowest BCUT2D eigenvalue weighted by atomic mass is 9.86. The summed E-state index contributed by atoms with van der Waals surface area (Å²) in [6, 6.07) is -6.94. The van der Waals surface area contributed by atoms with Gasteiger partial charge in [-0.2, -0.15) is 0 Å². The van der Waals surface area contributed by atoms with Crippen LogP contribution in [0.15, 0.2) is 12.2 Å². The first-order valence-electron chi connectivity index (χ1n) is 45.3. The second-order valence-corrected chi connectivity index (χ2v) is 34.3. The number of aliphatic hydroxyl groups excluding tert-OH is 17. The number of hydrogen-bond acceptors (Lipinski definition) is 34. The summed E-state index contributed by atoms with van der Waals surface area (Å²) in [6.45, 7) is 0.00349. The molecule has 41 heteroatoms. The number of aliphatic hydroxyl groups is 17. The molecule has 5 aliphatic heterocycles. The van der Waals surface area contributed by atoms with Gasteiger partial charge in [-0.1, -0.05) is 187 Å². The van der Waals surface area contributed by atoms with Crippen molar-refractivity contribution in [1.29, 1.82) is 0 Å². The molecule has 5 heterocycles. The minimum absolute atomic E-state index is 0.141. The van der Waals surface area contributed by atoms with E-state index < -0.39 is 277 Å². The summed E-state index contributed by atoms with van der Waals surface area (Å²) in [6.07, 6.45) is -17.5. The number of unbranched alkanes of at least 4 members (excludes halogenated alkanes) is 27.